The fourth-order valence-corrected chi connectivity index (χ4v) is 4.07. The third-order valence-electron chi connectivity index (χ3n) is 6.06. The van der Waals surface area contributed by atoms with Crippen LogP contribution < -0.4 is 10.6 Å². The molecule has 1 aromatic rings. The van der Waals surface area contributed by atoms with Gasteiger partial charge in [0.2, 0.25) is 11.9 Å². The number of ether oxygens (including phenoxy) is 2. The zero-order valence-corrected chi connectivity index (χ0v) is 24.9. The molecule has 3 amide bonds. The zero-order chi connectivity index (χ0) is 29.2. The third kappa shape index (κ3) is 11.6. The molecule has 1 aliphatic rings. The molecule has 1 saturated heterocycles. The van der Waals surface area contributed by atoms with Crippen molar-refractivity contribution in [3.63, 3.8) is 0 Å². The molecule has 2 N–H and O–H groups in total. The van der Waals surface area contributed by atoms with Crippen molar-refractivity contribution in [1.82, 2.24) is 30.5 Å². The number of alkyl carbamates (subject to hydrolysis) is 1. The largest absolute Gasteiger partial charge is 0.444 e. The predicted molar refractivity (Wildman–Crippen MR) is 148 cm³/mol. The highest BCUT2D eigenvalue weighted by molar-refractivity contribution is 5.98. The van der Waals surface area contributed by atoms with Crippen molar-refractivity contribution in [3.05, 3.63) is 11.9 Å². The quantitative estimate of drug-likeness (QED) is 0.279. The number of rotatable bonds is 8. The molecule has 1 aromatic heterocycles. The Bertz CT molecular complexity index is 987. The van der Waals surface area contributed by atoms with E-state index >= 15 is 0 Å². The second kappa shape index (κ2) is 14.3. The number of piperidine rings is 1. The van der Waals surface area contributed by atoms with Gasteiger partial charge in [-0.2, -0.15) is 0 Å². The van der Waals surface area contributed by atoms with Crippen LogP contribution in [-0.4, -0.2) is 74.8 Å². The Kier molecular flexibility index (Phi) is 11.7. The van der Waals surface area contributed by atoms with Crippen molar-refractivity contribution in [2.45, 2.75) is 111 Å². The van der Waals surface area contributed by atoms with E-state index in [1.807, 2.05) is 11.1 Å². The number of nitrogens with one attached hydrogen (secondary N) is 2. The SMILES string of the molecule is CCC(C)[C@@H](C(=O)N1CCCCC1)n1cc(CCCN/C(=N\C(=O)OC(C)(C)C)NC(=O)OC(C)(C)C)nn1. The number of hydrogen-bond acceptors (Lipinski definition) is 7. The minimum Gasteiger partial charge on any atom is -0.444 e. The van der Waals surface area contributed by atoms with E-state index in [1.165, 1.54) is 0 Å². The molecule has 12 nitrogen and oxygen atoms in total. The average molecular weight is 550 g/mol. The Hall–Kier alpha value is -3.18. The summed E-state index contributed by atoms with van der Waals surface area (Å²) < 4.78 is 12.2. The van der Waals surface area contributed by atoms with Crippen LogP contribution in [0, 0.1) is 5.92 Å². The minimum absolute atomic E-state index is 0.0638. The fourth-order valence-electron chi connectivity index (χ4n) is 4.07. The van der Waals surface area contributed by atoms with Crippen molar-refractivity contribution in [2.75, 3.05) is 19.6 Å². The molecular weight excluding hydrogens is 502 g/mol. The van der Waals surface area contributed by atoms with E-state index in [1.54, 1.807) is 46.2 Å². The molecule has 0 saturated carbocycles. The van der Waals surface area contributed by atoms with Gasteiger partial charge < -0.3 is 19.7 Å². The summed E-state index contributed by atoms with van der Waals surface area (Å²) in [6.45, 7) is 16.5. The van der Waals surface area contributed by atoms with Crippen molar-refractivity contribution in [3.8, 4) is 0 Å². The van der Waals surface area contributed by atoms with Crippen LogP contribution in [-0.2, 0) is 20.7 Å². The summed E-state index contributed by atoms with van der Waals surface area (Å²) in [5, 5.41) is 14.0. The van der Waals surface area contributed by atoms with Gasteiger partial charge in [-0.15, -0.1) is 10.1 Å². The van der Waals surface area contributed by atoms with Gasteiger partial charge in [-0.1, -0.05) is 25.5 Å². The summed E-state index contributed by atoms with van der Waals surface area (Å²) in [5.74, 6) is 0.172. The summed E-state index contributed by atoms with van der Waals surface area (Å²) in [5.41, 5.74) is -0.691. The van der Waals surface area contributed by atoms with E-state index in [2.05, 4.69) is 39.8 Å². The number of hydrogen-bond donors (Lipinski definition) is 2. The number of aryl methyl sites for hydroxylation is 1. The highest BCUT2D eigenvalue weighted by atomic mass is 16.6. The van der Waals surface area contributed by atoms with Gasteiger partial charge >= 0.3 is 12.2 Å². The molecule has 2 atom stereocenters. The lowest BCUT2D eigenvalue weighted by molar-refractivity contribution is -0.137. The number of carbonyl (C=O) groups excluding carboxylic acids is 3. The molecule has 1 aliphatic heterocycles. The monoisotopic (exact) mass is 549 g/mol. The first-order valence-corrected chi connectivity index (χ1v) is 13.9. The maximum absolute atomic E-state index is 13.3. The van der Waals surface area contributed by atoms with E-state index in [9.17, 15) is 14.4 Å². The van der Waals surface area contributed by atoms with Gasteiger partial charge in [-0.05, 0) is 79.6 Å². The van der Waals surface area contributed by atoms with Crippen LogP contribution in [0.4, 0.5) is 9.59 Å². The van der Waals surface area contributed by atoms with Crippen LogP contribution in [0.5, 0.6) is 0 Å². The van der Waals surface area contributed by atoms with Gasteiger partial charge in [0, 0.05) is 25.8 Å². The second-order valence-corrected chi connectivity index (χ2v) is 12.0. The Balaban J connectivity index is 2.01. The van der Waals surface area contributed by atoms with Gasteiger partial charge in [0.25, 0.3) is 0 Å². The average Bonchev–Trinajstić information content (AvgIpc) is 3.28. The zero-order valence-electron chi connectivity index (χ0n) is 24.9. The number of amides is 3. The first-order chi connectivity index (χ1) is 18.2. The lowest BCUT2D eigenvalue weighted by Crippen LogP contribution is -2.44. The first-order valence-electron chi connectivity index (χ1n) is 13.9. The third-order valence-corrected chi connectivity index (χ3v) is 6.06. The number of carbonyl (C=O) groups is 3. The number of aromatic nitrogens is 3. The van der Waals surface area contributed by atoms with E-state index in [4.69, 9.17) is 9.47 Å². The number of likely N-dealkylation sites (tertiary alicyclic amines) is 1. The van der Waals surface area contributed by atoms with E-state index in [-0.39, 0.29) is 23.8 Å². The predicted octanol–water partition coefficient (Wildman–Crippen LogP) is 4.22. The lowest BCUT2D eigenvalue weighted by atomic mass is 9.97. The van der Waals surface area contributed by atoms with Gasteiger partial charge in [-0.3, -0.25) is 10.1 Å². The molecule has 0 aromatic carbocycles. The molecular formula is C27H47N7O5. The van der Waals surface area contributed by atoms with Crippen molar-refractivity contribution in [2.24, 2.45) is 10.9 Å². The van der Waals surface area contributed by atoms with Crippen LogP contribution in [0.3, 0.4) is 0 Å². The number of nitrogens with zero attached hydrogens (tertiary/aromatic N) is 5. The second-order valence-electron chi connectivity index (χ2n) is 12.0. The minimum atomic E-state index is -0.835. The smallest absolute Gasteiger partial charge is 0.437 e. The molecule has 1 unspecified atom stereocenters. The molecule has 220 valence electrons. The Morgan fingerprint density at radius 2 is 1.69 bits per heavy atom. The van der Waals surface area contributed by atoms with Crippen LogP contribution in [0.2, 0.25) is 0 Å². The van der Waals surface area contributed by atoms with Crippen LogP contribution >= 0.6 is 0 Å². The number of aliphatic imine (C=N–C) groups is 1. The lowest BCUT2D eigenvalue weighted by Gasteiger charge is -2.32. The summed E-state index contributed by atoms with van der Waals surface area (Å²) in [6.07, 6.45) is 5.54. The molecule has 2 rings (SSSR count). The van der Waals surface area contributed by atoms with Crippen LogP contribution in [0.25, 0.3) is 0 Å². The molecule has 39 heavy (non-hydrogen) atoms. The van der Waals surface area contributed by atoms with E-state index < -0.39 is 23.4 Å². The van der Waals surface area contributed by atoms with Crippen molar-refractivity contribution >= 4 is 24.1 Å². The molecule has 12 heteroatoms. The Labute approximate surface area is 232 Å². The topological polar surface area (TPSA) is 140 Å². The van der Waals surface area contributed by atoms with Gasteiger partial charge in [0.05, 0.1) is 5.69 Å². The molecule has 1 fully saturated rings. The molecule has 0 aliphatic carbocycles. The van der Waals surface area contributed by atoms with E-state index in [0.29, 0.717) is 19.4 Å². The van der Waals surface area contributed by atoms with Crippen molar-refractivity contribution in [1.29, 1.82) is 0 Å². The fraction of sp³-hybridized carbons (Fsp3) is 0.778. The first kappa shape index (κ1) is 32.0. The maximum atomic E-state index is 13.3. The highest BCUT2D eigenvalue weighted by Crippen LogP contribution is 2.25. The van der Waals surface area contributed by atoms with Gasteiger partial charge in [0.1, 0.15) is 17.2 Å². The number of guanidine groups is 1. The van der Waals surface area contributed by atoms with Crippen LogP contribution in [0.1, 0.15) is 99.2 Å². The van der Waals surface area contributed by atoms with Crippen LogP contribution in [0.15, 0.2) is 11.2 Å². The standard InChI is InChI=1S/C27H47N7O5/c1-9-19(2)21(22(35)33-16-11-10-12-17-33)34-18-20(31-32-34)14-13-15-28-23(29-24(36)38-26(3,4)5)30-25(37)39-27(6,7)8/h18-19,21H,9-17H2,1-8H3,(H2,28,29,30,36,37)/t19?,21-/m0/s1. The summed E-state index contributed by atoms with van der Waals surface area (Å²) in [6, 6.07) is -0.377. The molecule has 2 heterocycles. The Morgan fingerprint density at radius 1 is 1.05 bits per heavy atom. The summed E-state index contributed by atoms with van der Waals surface area (Å²) >= 11 is 0. The van der Waals surface area contributed by atoms with Crippen molar-refractivity contribution < 1.29 is 23.9 Å². The highest BCUT2D eigenvalue weighted by Gasteiger charge is 2.31. The van der Waals surface area contributed by atoms with Gasteiger partial charge in [-0.25, -0.2) is 14.3 Å². The molecule has 0 bridgehead atoms. The van der Waals surface area contributed by atoms with Gasteiger partial charge in [0.15, 0.2) is 0 Å². The maximum Gasteiger partial charge on any atom is 0.437 e. The Morgan fingerprint density at radius 3 is 2.28 bits per heavy atom. The normalized spacial score (nSPS) is 16.3. The molecule has 0 radical (unpaired) electrons. The summed E-state index contributed by atoms with van der Waals surface area (Å²) in [4.78, 5) is 43.6. The van der Waals surface area contributed by atoms with E-state index in [0.717, 1.165) is 44.5 Å². The molecule has 0 spiro atoms. The summed E-state index contributed by atoms with van der Waals surface area (Å²) in [7, 11) is 0.